The first-order chi connectivity index (χ1) is 9.10. The number of carbonyl (C=O) groups is 2. The van der Waals surface area contributed by atoms with Gasteiger partial charge in [0, 0.05) is 33.1 Å². The van der Waals surface area contributed by atoms with Gasteiger partial charge >= 0.3 is 0 Å². The van der Waals surface area contributed by atoms with E-state index in [1.165, 1.54) is 6.26 Å². The predicted octanol–water partition coefficient (Wildman–Crippen LogP) is -0.453. The Morgan fingerprint density at radius 1 is 1.37 bits per heavy atom. The summed E-state index contributed by atoms with van der Waals surface area (Å²) in [5.41, 5.74) is 2.48. The van der Waals surface area contributed by atoms with E-state index >= 15 is 0 Å². The molecule has 0 saturated carbocycles. The Balaban J connectivity index is 1.87. The first-order valence-electron chi connectivity index (χ1n) is 6.16. The first kappa shape index (κ1) is 13.6. The normalized spacial score (nSPS) is 16.4. The molecule has 0 spiro atoms. The molecule has 0 atom stereocenters. The fourth-order valence-electron chi connectivity index (χ4n) is 2.11. The predicted molar refractivity (Wildman–Crippen MR) is 67.9 cm³/mol. The summed E-state index contributed by atoms with van der Waals surface area (Å²) in [7, 11) is 0. The van der Waals surface area contributed by atoms with E-state index < -0.39 is 0 Å². The Labute approximate surface area is 111 Å². The molecular formula is C12H18N4O3. The van der Waals surface area contributed by atoms with Crippen LogP contribution < -0.4 is 11.3 Å². The highest BCUT2D eigenvalue weighted by Gasteiger charge is 2.19. The van der Waals surface area contributed by atoms with Crippen molar-refractivity contribution in [2.45, 2.75) is 13.5 Å². The maximum Gasteiger partial charge on any atom is 0.268 e. The van der Waals surface area contributed by atoms with Crippen LogP contribution in [0.15, 0.2) is 16.7 Å². The van der Waals surface area contributed by atoms with E-state index in [0.29, 0.717) is 12.1 Å². The number of hydrogen-bond donors (Lipinski definition) is 2. The van der Waals surface area contributed by atoms with Crippen LogP contribution in [0, 0.1) is 0 Å². The second-order valence-corrected chi connectivity index (χ2v) is 4.56. The third kappa shape index (κ3) is 3.33. The molecule has 3 N–H and O–H groups in total. The molecule has 1 aliphatic heterocycles. The molecule has 7 nitrogen and oxygen atoms in total. The molecule has 7 heteroatoms. The van der Waals surface area contributed by atoms with Crippen LogP contribution in [0.3, 0.4) is 0 Å². The van der Waals surface area contributed by atoms with Crippen molar-refractivity contribution < 1.29 is 14.0 Å². The molecule has 1 saturated heterocycles. The molecule has 0 unspecified atom stereocenters. The molecule has 104 valence electrons. The number of nitrogen functional groups attached to an aromatic ring is 1. The fraction of sp³-hybridized carbons (Fsp3) is 0.500. The van der Waals surface area contributed by atoms with Gasteiger partial charge in [0.25, 0.3) is 5.91 Å². The van der Waals surface area contributed by atoms with Gasteiger partial charge in [-0.2, -0.15) is 0 Å². The number of hydrogen-bond acceptors (Lipinski definition) is 5. The Morgan fingerprint density at radius 3 is 2.63 bits per heavy atom. The topological polar surface area (TPSA) is 91.8 Å². The summed E-state index contributed by atoms with van der Waals surface area (Å²) < 4.78 is 5.33. The van der Waals surface area contributed by atoms with E-state index in [1.54, 1.807) is 13.0 Å². The van der Waals surface area contributed by atoms with Crippen molar-refractivity contribution in [3.63, 3.8) is 0 Å². The molecule has 0 aliphatic carbocycles. The molecule has 0 bridgehead atoms. The number of nitrogens with zero attached hydrogens (tertiary/aromatic N) is 2. The number of piperazine rings is 1. The van der Waals surface area contributed by atoms with Gasteiger partial charge in [-0.3, -0.25) is 19.9 Å². The zero-order valence-corrected chi connectivity index (χ0v) is 10.9. The molecule has 19 heavy (non-hydrogen) atoms. The van der Waals surface area contributed by atoms with E-state index in [4.69, 9.17) is 10.3 Å². The smallest absolute Gasteiger partial charge is 0.268 e. The molecule has 1 aromatic heterocycles. The van der Waals surface area contributed by atoms with Gasteiger partial charge < -0.3 is 9.32 Å². The van der Waals surface area contributed by atoms with Gasteiger partial charge in [-0.25, -0.2) is 5.84 Å². The zero-order chi connectivity index (χ0) is 13.8. The van der Waals surface area contributed by atoms with E-state index in [2.05, 4.69) is 10.3 Å². The molecular weight excluding hydrogens is 248 g/mol. The van der Waals surface area contributed by atoms with Crippen LogP contribution in [0.2, 0.25) is 0 Å². The number of rotatable bonds is 3. The summed E-state index contributed by atoms with van der Waals surface area (Å²) in [6.07, 6.45) is 1.39. The van der Waals surface area contributed by atoms with Gasteiger partial charge in [0.15, 0.2) is 0 Å². The molecule has 1 fully saturated rings. The average molecular weight is 266 g/mol. The molecule has 2 amide bonds. The van der Waals surface area contributed by atoms with E-state index in [-0.39, 0.29) is 11.8 Å². The van der Waals surface area contributed by atoms with Crippen LogP contribution in [-0.4, -0.2) is 47.8 Å². The summed E-state index contributed by atoms with van der Waals surface area (Å²) >= 11 is 0. The van der Waals surface area contributed by atoms with Crippen LogP contribution in [0.1, 0.15) is 23.0 Å². The summed E-state index contributed by atoms with van der Waals surface area (Å²) in [4.78, 5) is 26.5. The van der Waals surface area contributed by atoms with Gasteiger partial charge in [0.2, 0.25) is 5.91 Å². The number of nitrogens with two attached hydrogens (primary N) is 1. The van der Waals surface area contributed by atoms with Crippen molar-refractivity contribution in [3.05, 3.63) is 23.7 Å². The van der Waals surface area contributed by atoms with Crippen LogP contribution in [-0.2, 0) is 11.3 Å². The highest BCUT2D eigenvalue weighted by Crippen LogP contribution is 2.12. The minimum atomic E-state index is -0.364. The summed E-state index contributed by atoms with van der Waals surface area (Å²) in [5.74, 6) is 5.52. The number of amides is 2. The minimum Gasteiger partial charge on any atom is -0.467 e. The number of carbonyl (C=O) groups excluding carboxylic acids is 2. The average Bonchev–Trinajstić information content (AvgIpc) is 2.87. The SMILES string of the molecule is CC(=O)N1CCN(Cc2cc(C(=O)NN)co2)CC1. The van der Waals surface area contributed by atoms with Gasteiger partial charge in [-0.05, 0) is 6.07 Å². The lowest BCUT2D eigenvalue weighted by atomic mass is 10.2. The highest BCUT2D eigenvalue weighted by molar-refractivity contribution is 5.93. The zero-order valence-electron chi connectivity index (χ0n) is 10.9. The third-order valence-electron chi connectivity index (χ3n) is 3.24. The van der Waals surface area contributed by atoms with E-state index in [9.17, 15) is 9.59 Å². The number of furan rings is 1. The molecule has 1 aliphatic rings. The summed E-state index contributed by atoms with van der Waals surface area (Å²) in [5, 5.41) is 0. The molecule has 0 aromatic carbocycles. The monoisotopic (exact) mass is 266 g/mol. The van der Waals surface area contributed by atoms with Crippen LogP contribution in [0.5, 0.6) is 0 Å². The van der Waals surface area contributed by atoms with Crippen molar-refractivity contribution in [3.8, 4) is 0 Å². The van der Waals surface area contributed by atoms with Crippen molar-refractivity contribution in [1.29, 1.82) is 0 Å². The lowest BCUT2D eigenvalue weighted by Crippen LogP contribution is -2.47. The third-order valence-corrected chi connectivity index (χ3v) is 3.24. The standard InChI is InChI=1S/C12H18N4O3/c1-9(17)16-4-2-15(3-5-16)7-11-6-10(8-19-11)12(18)14-13/h6,8H,2-5,7,13H2,1H3,(H,14,18). The molecule has 0 radical (unpaired) electrons. The van der Waals surface area contributed by atoms with Gasteiger partial charge in [-0.1, -0.05) is 0 Å². The maximum atomic E-state index is 11.3. The Bertz CT molecular complexity index is 463. The van der Waals surface area contributed by atoms with Crippen molar-refractivity contribution in [2.75, 3.05) is 26.2 Å². The van der Waals surface area contributed by atoms with E-state index in [0.717, 1.165) is 31.9 Å². The largest absolute Gasteiger partial charge is 0.467 e. The first-order valence-corrected chi connectivity index (χ1v) is 6.16. The lowest BCUT2D eigenvalue weighted by Gasteiger charge is -2.33. The quantitative estimate of drug-likeness (QED) is 0.439. The van der Waals surface area contributed by atoms with Crippen LogP contribution >= 0.6 is 0 Å². The molecule has 2 heterocycles. The van der Waals surface area contributed by atoms with Crippen LogP contribution in [0.4, 0.5) is 0 Å². The highest BCUT2D eigenvalue weighted by atomic mass is 16.3. The van der Waals surface area contributed by atoms with Crippen molar-refractivity contribution in [1.82, 2.24) is 15.2 Å². The minimum absolute atomic E-state index is 0.111. The maximum absolute atomic E-state index is 11.3. The lowest BCUT2D eigenvalue weighted by molar-refractivity contribution is -0.130. The van der Waals surface area contributed by atoms with Gasteiger partial charge in [0.05, 0.1) is 12.1 Å². The molecule has 1 aromatic rings. The fourth-order valence-corrected chi connectivity index (χ4v) is 2.11. The van der Waals surface area contributed by atoms with Crippen molar-refractivity contribution >= 4 is 11.8 Å². The Hall–Kier alpha value is -1.86. The number of hydrazine groups is 1. The second kappa shape index (κ2) is 5.85. The molecule has 2 rings (SSSR count). The van der Waals surface area contributed by atoms with Gasteiger partial charge in [0.1, 0.15) is 12.0 Å². The second-order valence-electron chi connectivity index (χ2n) is 4.56. The van der Waals surface area contributed by atoms with Crippen LogP contribution in [0.25, 0.3) is 0 Å². The summed E-state index contributed by atoms with van der Waals surface area (Å²) in [6, 6.07) is 1.68. The Kier molecular flexibility index (Phi) is 4.18. The Morgan fingerprint density at radius 2 is 2.05 bits per heavy atom. The van der Waals surface area contributed by atoms with Gasteiger partial charge in [-0.15, -0.1) is 0 Å². The number of nitrogens with one attached hydrogen (secondary N) is 1. The van der Waals surface area contributed by atoms with Crippen molar-refractivity contribution in [2.24, 2.45) is 5.84 Å². The van der Waals surface area contributed by atoms with E-state index in [1.807, 2.05) is 4.90 Å². The summed E-state index contributed by atoms with van der Waals surface area (Å²) in [6.45, 7) is 5.28.